The van der Waals surface area contributed by atoms with Gasteiger partial charge in [0, 0.05) is 44.7 Å². The quantitative estimate of drug-likeness (QED) is 0.778. The summed E-state index contributed by atoms with van der Waals surface area (Å²) < 4.78 is 0. The minimum atomic E-state index is 0.244. The minimum absolute atomic E-state index is 0.244. The van der Waals surface area contributed by atoms with Crippen LogP contribution < -0.4 is 5.73 Å². The maximum Gasteiger partial charge on any atom is 0.225 e. The maximum absolute atomic E-state index is 12.2. The number of nitrogens with zero attached hydrogens (tertiary/aromatic N) is 2. The zero-order valence-electron chi connectivity index (χ0n) is 11.1. The topological polar surface area (TPSA) is 49.6 Å². The van der Waals surface area contributed by atoms with E-state index in [1.807, 2.05) is 4.90 Å². The number of amides is 1. The van der Waals surface area contributed by atoms with Gasteiger partial charge in [0.15, 0.2) is 0 Å². The van der Waals surface area contributed by atoms with Gasteiger partial charge in [0.25, 0.3) is 0 Å². The molecule has 2 atom stereocenters. The summed E-state index contributed by atoms with van der Waals surface area (Å²) >= 11 is 0. The normalized spacial score (nSPS) is 25.7. The van der Waals surface area contributed by atoms with Gasteiger partial charge in [-0.25, -0.2) is 0 Å². The molecular formula is C13H25N3O. The Morgan fingerprint density at radius 3 is 2.29 bits per heavy atom. The third-order valence-corrected chi connectivity index (χ3v) is 4.31. The average molecular weight is 239 g/mol. The van der Waals surface area contributed by atoms with Crippen LogP contribution in [-0.4, -0.2) is 54.5 Å². The van der Waals surface area contributed by atoms with E-state index >= 15 is 0 Å². The summed E-state index contributed by atoms with van der Waals surface area (Å²) in [7, 11) is 0. The highest BCUT2D eigenvalue weighted by atomic mass is 16.2. The molecule has 4 nitrogen and oxygen atoms in total. The zero-order chi connectivity index (χ0) is 12.4. The van der Waals surface area contributed by atoms with Crippen molar-refractivity contribution in [1.29, 1.82) is 0 Å². The van der Waals surface area contributed by atoms with Crippen molar-refractivity contribution in [1.82, 2.24) is 9.80 Å². The molecule has 2 aliphatic rings. The third kappa shape index (κ3) is 2.99. The Kier molecular flexibility index (Phi) is 4.05. The van der Waals surface area contributed by atoms with Crippen LogP contribution in [0, 0.1) is 11.8 Å². The highest BCUT2D eigenvalue weighted by molar-refractivity contribution is 5.79. The summed E-state index contributed by atoms with van der Waals surface area (Å²) in [6, 6.07) is 0.438. The predicted octanol–water partition coefficient (Wildman–Crippen LogP) is 0.524. The molecule has 17 heavy (non-hydrogen) atoms. The van der Waals surface area contributed by atoms with Crippen LogP contribution in [-0.2, 0) is 4.79 Å². The van der Waals surface area contributed by atoms with Crippen molar-refractivity contribution >= 4 is 5.91 Å². The van der Waals surface area contributed by atoms with E-state index in [1.165, 1.54) is 12.8 Å². The summed E-state index contributed by atoms with van der Waals surface area (Å²) in [5.41, 5.74) is 5.67. The molecule has 1 heterocycles. The molecule has 98 valence electrons. The molecule has 0 spiro atoms. The van der Waals surface area contributed by atoms with Crippen molar-refractivity contribution in [3.05, 3.63) is 0 Å². The van der Waals surface area contributed by atoms with Crippen molar-refractivity contribution < 1.29 is 4.79 Å². The van der Waals surface area contributed by atoms with Crippen molar-refractivity contribution in [2.45, 2.75) is 32.7 Å². The predicted molar refractivity (Wildman–Crippen MR) is 68.6 cm³/mol. The van der Waals surface area contributed by atoms with Crippen LogP contribution in [0.25, 0.3) is 0 Å². The summed E-state index contributed by atoms with van der Waals surface area (Å²) in [6.07, 6.45) is 2.49. The Hall–Kier alpha value is -0.610. The molecule has 2 rings (SSSR count). The van der Waals surface area contributed by atoms with Gasteiger partial charge in [0.05, 0.1) is 0 Å². The number of hydrogen-bond acceptors (Lipinski definition) is 3. The van der Waals surface area contributed by atoms with Crippen molar-refractivity contribution in [2.24, 2.45) is 17.6 Å². The molecule has 1 amide bonds. The smallest absolute Gasteiger partial charge is 0.225 e. The van der Waals surface area contributed by atoms with E-state index in [4.69, 9.17) is 5.73 Å². The lowest BCUT2D eigenvalue weighted by Crippen LogP contribution is -2.53. The van der Waals surface area contributed by atoms with Gasteiger partial charge in [0.2, 0.25) is 5.91 Å². The van der Waals surface area contributed by atoms with Crippen molar-refractivity contribution in [2.75, 3.05) is 32.7 Å². The second-order valence-corrected chi connectivity index (χ2v) is 5.57. The Morgan fingerprint density at radius 2 is 1.82 bits per heavy atom. The second-order valence-electron chi connectivity index (χ2n) is 5.57. The van der Waals surface area contributed by atoms with E-state index in [1.54, 1.807) is 0 Å². The van der Waals surface area contributed by atoms with Crippen LogP contribution >= 0.6 is 0 Å². The summed E-state index contributed by atoms with van der Waals surface area (Å²) in [5, 5.41) is 0. The molecule has 2 N–H and O–H groups in total. The molecule has 0 bridgehead atoms. The summed E-state index contributed by atoms with van der Waals surface area (Å²) in [5.74, 6) is 1.28. The number of rotatable bonds is 4. The Bertz CT molecular complexity index is 270. The molecule has 2 fully saturated rings. The van der Waals surface area contributed by atoms with E-state index in [0.717, 1.165) is 26.2 Å². The van der Waals surface area contributed by atoms with E-state index in [-0.39, 0.29) is 5.92 Å². The van der Waals surface area contributed by atoms with Gasteiger partial charge in [-0.1, -0.05) is 6.92 Å². The Labute approximate surface area is 104 Å². The molecule has 0 aromatic carbocycles. The minimum Gasteiger partial charge on any atom is -0.340 e. The van der Waals surface area contributed by atoms with Crippen LogP contribution in [0.2, 0.25) is 0 Å². The zero-order valence-corrected chi connectivity index (χ0v) is 11.1. The lowest BCUT2D eigenvalue weighted by atomic mass is 10.0. The summed E-state index contributed by atoms with van der Waals surface area (Å²) in [6.45, 7) is 8.65. The van der Waals surface area contributed by atoms with E-state index in [0.29, 0.717) is 24.4 Å². The van der Waals surface area contributed by atoms with Crippen molar-refractivity contribution in [3.8, 4) is 0 Å². The van der Waals surface area contributed by atoms with Crippen LogP contribution in [0.15, 0.2) is 0 Å². The van der Waals surface area contributed by atoms with Gasteiger partial charge < -0.3 is 10.6 Å². The monoisotopic (exact) mass is 239 g/mol. The summed E-state index contributed by atoms with van der Waals surface area (Å²) in [4.78, 5) is 16.6. The van der Waals surface area contributed by atoms with Crippen LogP contribution in [0.1, 0.15) is 26.7 Å². The number of carbonyl (C=O) groups excluding carboxylic acids is 1. The molecule has 1 aliphatic carbocycles. The molecule has 1 aliphatic heterocycles. The van der Waals surface area contributed by atoms with E-state index < -0.39 is 0 Å². The number of carbonyl (C=O) groups is 1. The van der Waals surface area contributed by atoms with Gasteiger partial charge in [-0.05, 0) is 25.7 Å². The maximum atomic E-state index is 12.2. The standard InChI is InChI=1S/C13H25N3O/c1-10(9-14)15-5-7-16(8-6-15)13(17)11(2)12-3-4-12/h10-12H,3-9,14H2,1-2H3. The van der Waals surface area contributed by atoms with Gasteiger partial charge in [-0.2, -0.15) is 0 Å². The van der Waals surface area contributed by atoms with Gasteiger partial charge in [0.1, 0.15) is 0 Å². The molecule has 1 saturated carbocycles. The van der Waals surface area contributed by atoms with E-state index in [9.17, 15) is 4.79 Å². The first-order valence-electron chi connectivity index (χ1n) is 6.86. The first kappa shape index (κ1) is 12.8. The highest BCUT2D eigenvalue weighted by Gasteiger charge is 2.35. The Morgan fingerprint density at radius 1 is 1.24 bits per heavy atom. The van der Waals surface area contributed by atoms with Gasteiger partial charge in [-0.15, -0.1) is 0 Å². The fourth-order valence-corrected chi connectivity index (χ4v) is 2.62. The fraction of sp³-hybridized carbons (Fsp3) is 0.923. The van der Waals surface area contributed by atoms with Gasteiger partial charge in [-0.3, -0.25) is 9.69 Å². The highest BCUT2D eigenvalue weighted by Crippen LogP contribution is 2.37. The molecule has 0 radical (unpaired) electrons. The first-order valence-corrected chi connectivity index (χ1v) is 6.86. The van der Waals surface area contributed by atoms with Crippen LogP contribution in [0.4, 0.5) is 0 Å². The van der Waals surface area contributed by atoms with Crippen LogP contribution in [0.5, 0.6) is 0 Å². The number of nitrogens with two attached hydrogens (primary N) is 1. The lowest BCUT2D eigenvalue weighted by Gasteiger charge is -2.38. The molecule has 1 saturated heterocycles. The van der Waals surface area contributed by atoms with Gasteiger partial charge >= 0.3 is 0 Å². The molecular weight excluding hydrogens is 214 g/mol. The Balaban J connectivity index is 1.79. The molecule has 0 aromatic heterocycles. The third-order valence-electron chi connectivity index (χ3n) is 4.31. The number of piperazine rings is 1. The molecule has 2 unspecified atom stereocenters. The van der Waals surface area contributed by atoms with Crippen molar-refractivity contribution in [3.63, 3.8) is 0 Å². The second kappa shape index (κ2) is 5.36. The SMILES string of the molecule is CC(C(=O)N1CCN(C(C)CN)CC1)C1CC1. The average Bonchev–Trinajstić information content (AvgIpc) is 3.20. The fourth-order valence-electron chi connectivity index (χ4n) is 2.62. The number of hydrogen-bond donors (Lipinski definition) is 1. The largest absolute Gasteiger partial charge is 0.340 e. The molecule has 4 heteroatoms. The van der Waals surface area contributed by atoms with Crippen LogP contribution in [0.3, 0.4) is 0 Å². The lowest BCUT2D eigenvalue weighted by molar-refractivity contribution is -0.137. The molecule has 0 aromatic rings. The van der Waals surface area contributed by atoms with E-state index in [2.05, 4.69) is 18.7 Å². The first-order chi connectivity index (χ1) is 8.13.